The molecule has 3 aromatic rings. The van der Waals surface area contributed by atoms with Gasteiger partial charge in [-0.05, 0) is 49.8 Å². The van der Waals surface area contributed by atoms with E-state index in [9.17, 15) is 18.8 Å². The maximum Gasteiger partial charge on any atom is 0.330 e. The van der Waals surface area contributed by atoms with Crippen LogP contribution in [0.2, 0.25) is 0 Å². The van der Waals surface area contributed by atoms with Gasteiger partial charge in [0.05, 0.1) is 5.75 Å². The summed E-state index contributed by atoms with van der Waals surface area (Å²) in [6.45, 7) is 1.89. The van der Waals surface area contributed by atoms with Gasteiger partial charge in [0.15, 0.2) is 5.65 Å². The van der Waals surface area contributed by atoms with Crippen LogP contribution in [0.4, 0.5) is 4.39 Å². The molecular formula is C22H22FN5O3S. The lowest BCUT2D eigenvalue weighted by Crippen LogP contribution is -2.31. The van der Waals surface area contributed by atoms with Gasteiger partial charge in [-0.3, -0.25) is 19.1 Å². The largest absolute Gasteiger partial charge is 0.351 e. The molecule has 0 unspecified atom stereocenters. The van der Waals surface area contributed by atoms with Crippen LogP contribution in [0.25, 0.3) is 11.0 Å². The summed E-state index contributed by atoms with van der Waals surface area (Å²) in [5.74, 6) is 0.308. The molecule has 0 radical (unpaired) electrons. The first-order valence-electron chi connectivity index (χ1n) is 10.6. The molecule has 0 saturated heterocycles. The van der Waals surface area contributed by atoms with Crippen molar-refractivity contribution in [1.82, 2.24) is 24.8 Å². The van der Waals surface area contributed by atoms with Gasteiger partial charge in [-0.25, -0.2) is 19.2 Å². The standard InChI is InChI=1S/C22H22FN5O3S/c1-11-2-3-12(8-15(11)23)9-24-16(29)10-32-21-17-19(25-18(26-21)13-4-5-13)28(14-6-7-14)22(31)27-20(17)30/h2-3,8,13-14H,4-7,9-10H2,1H3,(H,24,29)(H,27,30,31). The molecule has 2 N–H and O–H groups in total. The Morgan fingerprint density at radius 2 is 2.03 bits per heavy atom. The van der Waals surface area contributed by atoms with E-state index in [1.807, 2.05) is 0 Å². The maximum absolute atomic E-state index is 13.7. The molecule has 0 atom stereocenters. The minimum atomic E-state index is -0.540. The normalized spacial score (nSPS) is 15.8. The number of aromatic amines is 1. The first-order chi connectivity index (χ1) is 15.4. The molecular weight excluding hydrogens is 433 g/mol. The van der Waals surface area contributed by atoms with Crippen LogP contribution in [-0.2, 0) is 11.3 Å². The Hall–Kier alpha value is -3.01. The van der Waals surface area contributed by atoms with Crippen LogP contribution < -0.4 is 16.6 Å². The third-order valence-corrected chi connectivity index (χ3v) is 6.66. The molecule has 2 aromatic heterocycles. The fourth-order valence-electron chi connectivity index (χ4n) is 3.57. The number of aromatic nitrogens is 4. The quantitative estimate of drug-likeness (QED) is 0.419. The van der Waals surface area contributed by atoms with Crippen LogP contribution in [0, 0.1) is 12.7 Å². The molecule has 1 amide bonds. The van der Waals surface area contributed by atoms with Gasteiger partial charge in [-0.2, -0.15) is 0 Å². The highest BCUT2D eigenvalue weighted by Gasteiger charge is 2.32. The molecule has 2 heterocycles. The number of fused-ring (bicyclic) bond motifs is 1. The van der Waals surface area contributed by atoms with Crippen LogP contribution in [0.5, 0.6) is 0 Å². The first-order valence-corrected chi connectivity index (χ1v) is 11.6. The molecule has 0 bridgehead atoms. The number of H-pyrrole nitrogens is 1. The van der Waals surface area contributed by atoms with E-state index in [0.717, 1.165) is 37.4 Å². The van der Waals surface area contributed by atoms with E-state index in [4.69, 9.17) is 0 Å². The van der Waals surface area contributed by atoms with E-state index in [-0.39, 0.29) is 41.4 Å². The summed E-state index contributed by atoms with van der Waals surface area (Å²) >= 11 is 1.15. The Labute approximate surface area is 186 Å². The number of benzene rings is 1. The lowest BCUT2D eigenvalue weighted by atomic mass is 10.1. The third kappa shape index (κ3) is 4.19. The Bertz CT molecular complexity index is 1340. The molecule has 2 aliphatic rings. The summed E-state index contributed by atoms with van der Waals surface area (Å²) in [4.78, 5) is 49.0. The second-order valence-electron chi connectivity index (χ2n) is 8.37. The zero-order chi connectivity index (χ0) is 22.4. The number of thioether (sulfide) groups is 1. The topological polar surface area (TPSA) is 110 Å². The predicted molar refractivity (Wildman–Crippen MR) is 118 cm³/mol. The number of nitrogens with one attached hydrogen (secondary N) is 2. The van der Waals surface area contributed by atoms with Crippen LogP contribution >= 0.6 is 11.8 Å². The molecule has 166 valence electrons. The molecule has 8 nitrogen and oxygen atoms in total. The number of hydrogen-bond donors (Lipinski definition) is 2. The van der Waals surface area contributed by atoms with Gasteiger partial charge in [0.25, 0.3) is 5.56 Å². The average Bonchev–Trinajstić information content (AvgIpc) is 3.66. The third-order valence-electron chi connectivity index (χ3n) is 5.69. The molecule has 5 rings (SSSR count). The number of amides is 1. The Morgan fingerprint density at radius 3 is 2.72 bits per heavy atom. The monoisotopic (exact) mass is 455 g/mol. The van der Waals surface area contributed by atoms with Crippen molar-refractivity contribution in [3.8, 4) is 0 Å². The lowest BCUT2D eigenvalue weighted by Gasteiger charge is -2.12. The van der Waals surface area contributed by atoms with Crippen molar-refractivity contribution in [1.29, 1.82) is 0 Å². The number of aryl methyl sites for hydroxylation is 1. The van der Waals surface area contributed by atoms with Gasteiger partial charge in [-0.1, -0.05) is 23.9 Å². The first kappa shape index (κ1) is 20.9. The van der Waals surface area contributed by atoms with E-state index in [2.05, 4.69) is 20.3 Å². The second-order valence-corrected chi connectivity index (χ2v) is 9.33. The van der Waals surface area contributed by atoms with Crippen LogP contribution in [0.1, 0.15) is 54.6 Å². The lowest BCUT2D eigenvalue weighted by molar-refractivity contribution is -0.118. The molecule has 32 heavy (non-hydrogen) atoms. The van der Waals surface area contributed by atoms with Gasteiger partial charge < -0.3 is 5.32 Å². The minimum absolute atomic E-state index is 0.0343. The molecule has 0 spiro atoms. The van der Waals surface area contributed by atoms with Crippen LogP contribution in [0.15, 0.2) is 32.8 Å². The number of halogens is 1. The Morgan fingerprint density at radius 1 is 1.25 bits per heavy atom. The number of rotatable bonds is 7. The van der Waals surface area contributed by atoms with Crippen molar-refractivity contribution in [3.63, 3.8) is 0 Å². The number of nitrogens with zero attached hydrogens (tertiary/aromatic N) is 3. The summed E-state index contributed by atoms with van der Waals surface area (Å²) in [7, 11) is 0. The summed E-state index contributed by atoms with van der Waals surface area (Å²) in [5.41, 5.74) is 0.579. The SMILES string of the molecule is Cc1ccc(CNC(=O)CSc2nc(C3CC3)nc3c2c(=O)[nH]c(=O)n3C2CC2)cc1F. The molecule has 0 aliphatic heterocycles. The fourth-order valence-corrected chi connectivity index (χ4v) is 4.42. The highest BCUT2D eigenvalue weighted by molar-refractivity contribution is 8.00. The number of hydrogen-bond acceptors (Lipinski definition) is 6. The van der Waals surface area contributed by atoms with Gasteiger partial charge >= 0.3 is 5.69 Å². The summed E-state index contributed by atoms with van der Waals surface area (Å²) in [5, 5.41) is 3.42. The van der Waals surface area contributed by atoms with Crippen molar-refractivity contribution >= 4 is 28.7 Å². The van der Waals surface area contributed by atoms with Crippen molar-refractivity contribution in [2.24, 2.45) is 0 Å². The smallest absolute Gasteiger partial charge is 0.330 e. The summed E-state index contributed by atoms with van der Waals surface area (Å²) in [6, 6.07) is 4.88. The van der Waals surface area contributed by atoms with E-state index in [1.54, 1.807) is 23.6 Å². The number of carbonyl (C=O) groups excluding carboxylic acids is 1. The van der Waals surface area contributed by atoms with Gasteiger partial charge in [-0.15, -0.1) is 0 Å². The zero-order valence-corrected chi connectivity index (χ0v) is 18.3. The maximum atomic E-state index is 13.7. The Balaban J connectivity index is 1.39. The highest BCUT2D eigenvalue weighted by Crippen LogP contribution is 2.40. The molecule has 2 saturated carbocycles. The van der Waals surface area contributed by atoms with Gasteiger partial charge in [0.2, 0.25) is 5.91 Å². The molecule has 1 aromatic carbocycles. The van der Waals surface area contributed by atoms with Crippen molar-refractivity contribution in [2.45, 2.75) is 56.1 Å². The van der Waals surface area contributed by atoms with E-state index < -0.39 is 11.2 Å². The molecule has 2 fully saturated rings. The second kappa shape index (κ2) is 8.16. The van der Waals surface area contributed by atoms with Crippen LogP contribution in [-0.4, -0.2) is 31.2 Å². The van der Waals surface area contributed by atoms with Crippen molar-refractivity contribution in [2.75, 3.05) is 5.75 Å². The molecule has 10 heteroatoms. The van der Waals surface area contributed by atoms with E-state index in [0.29, 0.717) is 27.6 Å². The van der Waals surface area contributed by atoms with E-state index >= 15 is 0 Å². The van der Waals surface area contributed by atoms with Crippen molar-refractivity contribution in [3.05, 3.63) is 61.8 Å². The minimum Gasteiger partial charge on any atom is -0.351 e. The Kier molecular flexibility index (Phi) is 5.32. The predicted octanol–water partition coefficient (Wildman–Crippen LogP) is 2.55. The summed E-state index contributed by atoms with van der Waals surface area (Å²) in [6.07, 6.45) is 3.68. The van der Waals surface area contributed by atoms with Gasteiger partial charge in [0.1, 0.15) is 22.1 Å². The highest BCUT2D eigenvalue weighted by atomic mass is 32.2. The van der Waals surface area contributed by atoms with Gasteiger partial charge in [0, 0.05) is 18.5 Å². The summed E-state index contributed by atoms with van der Waals surface area (Å²) < 4.78 is 15.3. The van der Waals surface area contributed by atoms with Crippen LogP contribution in [0.3, 0.4) is 0 Å². The fraction of sp³-hybridized carbons (Fsp3) is 0.409. The zero-order valence-electron chi connectivity index (χ0n) is 17.5. The van der Waals surface area contributed by atoms with E-state index in [1.165, 1.54) is 6.07 Å². The average molecular weight is 456 g/mol. The number of carbonyl (C=O) groups is 1. The molecule has 2 aliphatic carbocycles. The van der Waals surface area contributed by atoms with Crippen molar-refractivity contribution < 1.29 is 9.18 Å².